The zero-order valence-electron chi connectivity index (χ0n) is 9.37. The maximum Gasteiger partial charge on any atom is 0.124 e. The Labute approximate surface area is 113 Å². The highest BCUT2D eigenvalue weighted by Gasteiger charge is 2.08. The summed E-state index contributed by atoms with van der Waals surface area (Å²) in [6.07, 6.45) is 0. The number of carbonyl (C=O) groups excluding carboxylic acids is 2. The first kappa shape index (κ1) is 16.7. The maximum absolute atomic E-state index is 10.5. The van der Waals surface area contributed by atoms with Crippen LogP contribution in [0.2, 0.25) is 10.0 Å². The molecule has 0 spiro atoms. The van der Waals surface area contributed by atoms with Crippen molar-refractivity contribution in [3.05, 3.63) is 33.3 Å². The molecule has 8 heteroatoms. The van der Waals surface area contributed by atoms with Gasteiger partial charge in [0.15, 0.2) is 0 Å². The molecule has 0 aliphatic carbocycles. The topological polar surface area (TPSA) is 136 Å². The Bertz CT molecular complexity index is 411. The minimum atomic E-state index is -1.65. The molecule has 18 heavy (non-hydrogen) atoms. The van der Waals surface area contributed by atoms with Crippen LogP contribution in [-0.2, 0) is 0 Å². The molecule has 0 aliphatic heterocycles. The first-order chi connectivity index (χ1) is 8.34. The number of hydrogen-bond acceptors (Lipinski definition) is 4. The van der Waals surface area contributed by atoms with E-state index in [9.17, 15) is 19.8 Å². The van der Waals surface area contributed by atoms with Crippen molar-refractivity contribution in [2.75, 3.05) is 13.1 Å². The van der Waals surface area contributed by atoms with Gasteiger partial charge >= 0.3 is 0 Å². The number of carboxylic acids is 2. The Hall–Kier alpha value is -1.34. The number of carbonyl (C=O) groups is 2. The van der Waals surface area contributed by atoms with Crippen molar-refractivity contribution in [3.63, 3.8) is 0 Å². The van der Waals surface area contributed by atoms with Gasteiger partial charge in [-0.15, -0.1) is 0 Å². The Morgan fingerprint density at radius 1 is 0.944 bits per heavy atom. The number of rotatable bonds is 3. The van der Waals surface area contributed by atoms with E-state index in [4.69, 9.17) is 23.2 Å². The van der Waals surface area contributed by atoms with E-state index in [0.29, 0.717) is 0 Å². The van der Waals surface area contributed by atoms with Crippen molar-refractivity contribution < 1.29 is 31.3 Å². The SMILES string of the molecule is O=C([O-])c1cc(Cl)c(Cl)cc1C(=O)[O-].[NH3+]CC[NH3+]. The molecule has 0 saturated heterocycles. The molecule has 0 radical (unpaired) electrons. The lowest BCUT2D eigenvalue weighted by molar-refractivity contribution is -0.453. The van der Waals surface area contributed by atoms with Gasteiger partial charge in [-0.3, -0.25) is 0 Å². The van der Waals surface area contributed by atoms with Gasteiger partial charge in [-0.05, 0) is 12.1 Å². The fraction of sp³-hybridized carbons (Fsp3) is 0.200. The maximum atomic E-state index is 10.5. The van der Waals surface area contributed by atoms with Crippen molar-refractivity contribution in [2.24, 2.45) is 0 Å². The molecule has 0 aliphatic rings. The second kappa shape index (κ2) is 7.88. The lowest BCUT2D eigenvalue weighted by Gasteiger charge is -2.12. The highest BCUT2D eigenvalue weighted by molar-refractivity contribution is 6.42. The van der Waals surface area contributed by atoms with Gasteiger partial charge in [0.1, 0.15) is 13.1 Å². The molecule has 0 atom stereocenters. The third-order valence-corrected chi connectivity index (χ3v) is 2.47. The molecule has 0 fully saturated rings. The molecular formula is C10H12Cl2N2O4. The number of aromatic carboxylic acids is 2. The second-order valence-corrected chi connectivity index (χ2v) is 3.91. The summed E-state index contributed by atoms with van der Waals surface area (Å²) < 4.78 is 0. The van der Waals surface area contributed by atoms with Crippen LogP contribution in [-0.4, -0.2) is 25.0 Å². The van der Waals surface area contributed by atoms with Crippen LogP contribution in [0.1, 0.15) is 20.7 Å². The predicted molar refractivity (Wildman–Crippen MR) is 60.6 cm³/mol. The molecule has 100 valence electrons. The summed E-state index contributed by atoms with van der Waals surface area (Å²) in [5, 5.41) is 20.9. The molecule has 0 unspecified atom stereocenters. The van der Waals surface area contributed by atoms with E-state index in [0.717, 1.165) is 25.2 Å². The monoisotopic (exact) mass is 294 g/mol. The molecule has 6 nitrogen and oxygen atoms in total. The van der Waals surface area contributed by atoms with E-state index in [-0.39, 0.29) is 10.0 Å². The van der Waals surface area contributed by atoms with E-state index in [1.54, 1.807) is 0 Å². The van der Waals surface area contributed by atoms with Gasteiger partial charge in [0.25, 0.3) is 0 Å². The molecule has 1 aromatic rings. The van der Waals surface area contributed by atoms with E-state index >= 15 is 0 Å². The average molecular weight is 295 g/mol. The zero-order chi connectivity index (χ0) is 14.3. The Balaban J connectivity index is 0.000000631. The minimum absolute atomic E-state index is 0.0594. The summed E-state index contributed by atoms with van der Waals surface area (Å²) in [6.45, 7) is 1.92. The zero-order valence-corrected chi connectivity index (χ0v) is 10.9. The number of quaternary nitrogens is 2. The molecule has 0 saturated carbocycles. The number of hydrogen-bond donors (Lipinski definition) is 2. The highest BCUT2D eigenvalue weighted by Crippen LogP contribution is 2.25. The van der Waals surface area contributed by atoms with Gasteiger partial charge < -0.3 is 31.3 Å². The lowest BCUT2D eigenvalue weighted by Crippen LogP contribution is -2.64. The van der Waals surface area contributed by atoms with Crippen LogP contribution < -0.4 is 21.7 Å². The van der Waals surface area contributed by atoms with E-state index < -0.39 is 23.1 Å². The fourth-order valence-corrected chi connectivity index (χ4v) is 1.21. The van der Waals surface area contributed by atoms with Gasteiger partial charge in [0.2, 0.25) is 0 Å². The van der Waals surface area contributed by atoms with Crippen LogP contribution in [0.4, 0.5) is 0 Å². The average Bonchev–Trinajstić information content (AvgIpc) is 2.31. The summed E-state index contributed by atoms with van der Waals surface area (Å²) in [7, 11) is 0. The molecule has 1 rings (SSSR count). The van der Waals surface area contributed by atoms with E-state index in [1.165, 1.54) is 0 Å². The summed E-state index contributed by atoms with van der Waals surface area (Å²) in [6, 6.07) is 1.81. The molecule has 0 amide bonds. The summed E-state index contributed by atoms with van der Waals surface area (Å²) in [4.78, 5) is 21.0. The van der Waals surface area contributed by atoms with Crippen LogP contribution in [0.25, 0.3) is 0 Å². The fourth-order valence-electron chi connectivity index (χ4n) is 0.885. The Morgan fingerprint density at radius 2 is 1.22 bits per heavy atom. The molecule has 1 aromatic carbocycles. The van der Waals surface area contributed by atoms with Gasteiger partial charge in [-0.25, -0.2) is 0 Å². The van der Waals surface area contributed by atoms with Crippen molar-refractivity contribution in [3.8, 4) is 0 Å². The third kappa shape index (κ3) is 4.89. The molecule has 0 heterocycles. The number of benzene rings is 1. The highest BCUT2D eigenvalue weighted by atomic mass is 35.5. The third-order valence-electron chi connectivity index (χ3n) is 1.75. The predicted octanol–water partition coefficient (Wildman–Crippen LogP) is -2.81. The van der Waals surface area contributed by atoms with Crippen LogP contribution in [0.15, 0.2) is 12.1 Å². The number of halogens is 2. The molecule has 6 N–H and O–H groups in total. The first-order valence-corrected chi connectivity index (χ1v) is 5.61. The Morgan fingerprint density at radius 3 is 1.39 bits per heavy atom. The van der Waals surface area contributed by atoms with Gasteiger partial charge in [0, 0.05) is 11.1 Å². The van der Waals surface area contributed by atoms with Crippen molar-refractivity contribution >= 4 is 35.1 Å². The quantitative estimate of drug-likeness (QED) is 0.622. The van der Waals surface area contributed by atoms with Crippen LogP contribution >= 0.6 is 23.2 Å². The summed E-state index contributed by atoms with van der Waals surface area (Å²) in [5.74, 6) is -3.30. The minimum Gasteiger partial charge on any atom is -0.545 e. The van der Waals surface area contributed by atoms with E-state index in [1.807, 2.05) is 0 Å². The van der Waals surface area contributed by atoms with Gasteiger partial charge in [-0.2, -0.15) is 0 Å². The molecule has 0 bridgehead atoms. The van der Waals surface area contributed by atoms with Crippen LogP contribution in [0.3, 0.4) is 0 Å². The largest absolute Gasteiger partial charge is 0.545 e. The lowest BCUT2D eigenvalue weighted by atomic mass is 10.1. The van der Waals surface area contributed by atoms with Gasteiger partial charge in [-0.1, -0.05) is 23.2 Å². The Kier molecular flexibility index (Phi) is 7.30. The van der Waals surface area contributed by atoms with Crippen molar-refractivity contribution in [1.82, 2.24) is 0 Å². The van der Waals surface area contributed by atoms with Crippen LogP contribution in [0, 0.1) is 0 Å². The van der Waals surface area contributed by atoms with Crippen molar-refractivity contribution in [1.29, 1.82) is 0 Å². The van der Waals surface area contributed by atoms with Gasteiger partial charge in [0.05, 0.1) is 22.0 Å². The second-order valence-electron chi connectivity index (χ2n) is 3.09. The smallest absolute Gasteiger partial charge is 0.124 e. The van der Waals surface area contributed by atoms with E-state index in [2.05, 4.69) is 11.5 Å². The van der Waals surface area contributed by atoms with Crippen LogP contribution in [0.5, 0.6) is 0 Å². The standard InChI is InChI=1S/C8H4Cl2O4.C2H8N2/c9-5-1-3(7(11)12)4(8(13)14)2-6(5)10;3-1-2-4/h1-2H,(H,11,12)(H,13,14);1-4H2. The van der Waals surface area contributed by atoms with Crippen molar-refractivity contribution in [2.45, 2.75) is 0 Å². The number of carboxylic acid groups (broad SMARTS) is 2. The summed E-state index contributed by atoms with van der Waals surface area (Å²) in [5.41, 5.74) is 5.97. The summed E-state index contributed by atoms with van der Waals surface area (Å²) >= 11 is 11.0. The first-order valence-electron chi connectivity index (χ1n) is 4.85. The molecular weight excluding hydrogens is 283 g/mol. The normalized spacial score (nSPS) is 9.33. The molecule has 0 aromatic heterocycles.